The minimum Gasteiger partial charge on any atom is -0.461 e. The van der Waals surface area contributed by atoms with Crippen LogP contribution in [0.25, 0.3) is 0 Å². The Bertz CT molecular complexity index is 773. The van der Waals surface area contributed by atoms with Crippen LogP contribution in [-0.4, -0.2) is 35.9 Å². The van der Waals surface area contributed by atoms with Gasteiger partial charge in [-0.15, -0.1) is 11.3 Å². The Morgan fingerprint density at radius 2 is 1.86 bits per heavy atom. The van der Waals surface area contributed by atoms with Crippen LogP contribution in [0.1, 0.15) is 37.6 Å². The van der Waals surface area contributed by atoms with Crippen molar-refractivity contribution in [3.05, 3.63) is 58.3 Å². The first-order chi connectivity index (χ1) is 13.5. The highest BCUT2D eigenvalue weighted by Crippen LogP contribution is 2.14. The third kappa shape index (κ3) is 6.81. The first kappa shape index (κ1) is 21.6. The molecular formula is C21H26N2O4S. The first-order valence-electron chi connectivity index (χ1n) is 9.29. The Labute approximate surface area is 169 Å². The van der Waals surface area contributed by atoms with Crippen molar-refractivity contribution in [2.45, 2.75) is 33.8 Å². The first-order valence-corrected chi connectivity index (χ1v) is 10.2. The smallest absolute Gasteiger partial charge is 0.430 e. The molecule has 1 amide bonds. The van der Waals surface area contributed by atoms with Crippen LogP contribution in [0.4, 0.5) is 4.79 Å². The second-order valence-electron chi connectivity index (χ2n) is 6.49. The number of benzene rings is 1. The lowest BCUT2D eigenvalue weighted by Crippen LogP contribution is -2.32. The molecule has 0 unspecified atom stereocenters. The molecule has 1 aromatic heterocycles. The maximum Gasteiger partial charge on any atom is 0.430 e. The molecule has 0 saturated heterocycles. The van der Waals surface area contributed by atoms with E-state index in [0.717, 1.165) is 12.0 Å². The third-order valence-electron chi connectivity index (χ3n) is 3.78. The fourth-order valence-corrected chi connectivity index (χ4v) is 2.98. The molecule has 0 saturated carbocycles. The molecule has 150 valence electrons. The van der Waals surface area contributed by atoms with E-state index in [4.69, 9.17) is 9.47 Å². The Balaban J connectivity index is 2.21. The monoisotopic (exact) mass is 402 g/mol. The lowest BCUT2D eigenvalue weighted by atomic mass is 10.1. The summed E-state index contributed by atoms with van der Waals surface area (Å²) in [7, 11) is 0. The zero-order valence-electron chi connectivity index (χ0n) is 16.5. The number of ether oxygens (including phenoxy) is 2. The van der Waals surface area contributed by atoms with Gasteiger partial charge in [-0.3, -0.25) is 0 Å². The number of hydrazone groups is 1. The van der Waals surface area contributed by atoms with Gasteiger partial charge in [0.25, 0.3) is 0 Å². The number of hydrogen-bond acceptors (Lipinski definition) is 6. The Morgan fingerprint density at radius 1 is 1.11 bits per heavy atom. The molecule has 7 heteroatoms. The molecule has 28 heavy (non-hydrogen) atoms. The van der Waals surface area contributed by atoms with Crippen molar-refractivity contribution in [2.75, 3.05) is 13.2 Å². The number of carbonyl (C=O) groups is 2. The van der Waals surface area contributed by atoms with Crippen molar-refractivity contribution < 1.29 is 19.1 Å². The summed E-state index contributed by atoms with van der Waals surface area (Å²) in [5.41, 5.74) is 0.991. The summed E-state index contributed by atoms with van der Waals surface area (Å²) in [6.07, 6.45) is 0.132. The van der Waals surface area contributed by atoms with Gasteiger partial charge < -0.3 is 9.47 Å². The van der Waals surface area contributed by atoms with Crippen LogP contribution in [0.5, 0.6) is 0 Å². The zero-order valence-corrected chi connectivity index (χ0v) is 17.3. The number of nitrogens with zero attached hydrogens (tertiary/aromatic N) is 2. The number of rotatable bonds is 9. The van der Waals surface area contributed by atoms with Crippen molar-refractivity contribution in [2.24, 2.45) is 11.0 Å². The van der Waals surface area contributed by atoms with Crippen LogP contribution in [-0.2, 0) is 20.9 Å². The standard InChI is InChI=1S/C21H26N2O4S/c1-4-26-20(24)19(18-11-8-14-28-18)22-23(13-12-16(2)3)21(25)27-15-17-9-6-5-7-10-17/h5-11,14,16H,4,12-13,15H2,1-3H3/b22-19-. The predicted molar refractivity (Wildman–Crippen MR) is 110 cm³/mol. The maximum absolute atomic E-state index is 12.7. The summed E-state index contributed by atoms with van der Waals surface area (Å²) in [6, 6.07) is 13.0. The van der Waals surface area contributed by atoms with E-state index in [1.165, 1.54) is 16.3 Å². The number of amides is 1. The average molecular weight is 403 g/mol. The minimum absolute atomic E-state index is 0.109. The van der Waals surface area contributed by atoms with Crippen molar-refractivity contribution in [1.82, 2.24) is 5.01 Å². The van der Waals surface area contributed by atoms with Crippen LogP contribution in [0.15, 0.2) is 52.9 Å². The quantitative estimate of drug-likeness (QED) is 0.346. The van der Waals surface area contributed by atoms with E-state index in [1.54, 1.807) is 13.0 Å². The second-order valence-corrected chi connectivity index (χ2v) is 7.44. The van der Waals surface area contributed by atoms with Gasteiger partial charge in [0.1, 0.15) is 6.61 Å². The molecule has 0 aliphatic carbocycles. The summed E-state index contributed by atoms with van der Waals surface area (Å²) in [5, 5.41) is 7.39. The lowest BCUT2D eigenvalue weighted by molar-refractivity contribution is -0.135. The van der Waals surface area contributed by atoms with Crippen LogP contribution in [0.2, 0.25) is 0 Å². The highest BCUT2D eigenvalue weighted by Gasteiger charge is 2.22. The normalized spacial score (nSPS) is 11.4. The highest BCUT2D eigenvalue weighted by molar-refractivity contribution is 7.13. The molecule has 0 radical (unpaired) electrons. The molecule has 0 aliphatic rings. The molecule has 2 aromatic rings. The van der Waals surface area contributed by atoms with E-state index >= 15 is 0 Å². The number of hydrogen-bond donors (Lipinski definition) is 0. The topological polar surface area (TPSA) is 68.2 Å². The van der Waals surface area contributed by atoms with Gasteiger partial charge in [0.05, 0.1) is 11.5 Å². The fraction of sp³-hybridized carbons (Fsp3) is 0.381. The van der Waals surface area contributed by atoms with Crippen LogP contribution < -0.4 is 0 Å². The third-order valence-corrected chi connectivity index (χ3v) is 4.65. The average Bonchev–Trinajstić information content (AvgIpc) is 3.21. The molecule has 0 fully saturated rings. The van der Waals surface area contributed by atoms with Gasteiger partial charge in [0.2, 0.25) is 0 Å². The Morgan fingerprint density at radius 3 is 2.46 bits per heavy atom. The number of esters is 1. The molecule has 2 rings (SSSR count). The van der Waals surface area contributed by atoms with Gasteiger partial charge in [-0.2, -0.15) is 10.1 Å². The van der Waals surface area contributed by atoms with Crippen LogP contribution in [0, 0.1) is 5.92 Å². The van der Waals surface area contributed by atoms with Crippen molar-refractivity contribution in [3.63, 3.8) is 0 Å². The summed E-state index contributed by atoms with van der Waals surface area (Å²) in [4.78, 5) is 25.7. The van der Waals surface area contributed by atoms with Crippen molar-refractivity contribution >= 4 is 29.1 Å². The molecule has 0 N–H and O–H groups in total. The molecule has 0 aliphatic heterocycles. The molecule has 0 atom stereocenters. The lowest BCUT2D eigenvalue weighted by Gasteiger charge is -2.19. The summed E-state index contributed by atoms with van der Waals surface area (Å²) in [5.74, 6) is -0.192. The van der Waals surface area contributed by atoms with Crippen LogP contribution >= 0.6 is 11.3 Å². The second kappa shape index (κ2) is 11.2. The van der Waals surface area contributed by atoms with Gasteiger partial charge >= 0.3 is 12.1 Å². The minimum atomic E-state index is -0.595. The number of carbonyl (C=O) groups excluding carboxylic acids is 2. The summed E-state index contributed by atoms with van der Waals surface area (Å²) >= 11 is 1.36. The molecular weight excluding hydrogens is 376 g/mol. The molecule has 1 heterocycles. The highest BCUT2D eigenvalue weighted by atomic mass is 32.1. The van der Waals surface area contributed by atoms with Gasteiger partial charge in [-0.05, 0) is 36.3 Å². The summed E-state index contributed by atoms with van der Waals surface area (Å²) in [6.45, 7) is 6.56. The fourth-order valence-electron chi connectivity index (χ4n) is 2.28. The zero-order chi connectivity index (χ0) is 20.4. The van der Waals surface area contributed by atoms with Gasteiger partial charge in [0, 0.05) is 6.54 Å². The van der Waals surface area contributed by atoms with E-state index in [9.17, 15) is 9.59 Å². The molecule has 1 aromatic carbocycles. The van der Waals surface area contributed by atoms with E-state index in [1.807, 2.05) is 41.8 Å². The van der Waals surface area contributed by atoms with E-state index < -0.39 is 12.1 Å². The van der Waals surface area contributed by atoms with E-state index in [-0.39, 0.29) is 18.9 Å². The molecule has 0 spiro atoms. The van der Waals surface area contributed by atoms with Gasteiger partial charge in [-0.25, -0.2) is 9.59 Å². The summed E-state index contributed by atoms with van der Waals surface area (Å²) < 4.78 is 10.5. The van der Waals surface area contributed by atoms with Crippen molar-refractivity contribution in [1.29, 1.82) is 0 Å². The van der Waals surface area contributed by atoms with Crippen molar-refractivity contribution in [3.8, 4) is 0 Å². The predicted octanol–water partition coefficient (Wildman–Crippen LogP) is 4.70. The molecule has 0 bridgehead atoms. The Hall–Kier alpha value is -2.67. The van der Waals surface area contributed by atoms with Crippen LogP contribution in [0.3, 0.4) is 0 Å². The number of thiophene rings is 1. The Kier molecular flexibility index (Phi) is 8.68. The molecule has 6 nitrogen and oxygen atoms in total. The van der Waals surface area contributed by atoms with E-state index in [0.29, 0.717) is 17.3 Å². The largest absolute Gasteiger partial charge is 0.461 e. The van der Waals surface area contributed by atoms with Gasteiger partial charge in [-0.1, -0.05) is 50.2 Å². The van der Waals surface area contributed by atoms with Gasteiger partial charge in [0.15, 0.2) is 5.71 Å². The maximum atomic E-state index is 12.7. The SMILES string of the molecule is CCOC(=O)/C(=N\N(CCC(C)C)C(=O)OCc1ccccc1)c1cccs1. The van der Waals surface area contributed by atoms with E-state index in [2.05, 4.69) is 18.9 Å².